The number of unbranched alkanes of at least 4 members (excludes halogenated alkanes) is 1. The van der Waals surface area contributed by atoms with Gasteiger partial charge in [0, 0.05) is 12.1 Å². The van der Waals surface area contributed by atoms with Crippen molar-refractivity contribution in [3.63, 3.8) is 0 Å². The van der Waals surface area contributed by atoms with E-state index in [1.54, 1.807) is 12.1 Å². The van der Waals surface area contributed by atoms with Crippen molar-refractivity contribution in [1.29, 1.82) is 0 Å². The predicted molar refractivity (Wildman–Crippen MR) is 106 cm³/mol. The molecule has 0 atom stereocenters. The Balaban J connectivity index is 1.75. The molecule has 0 aromatic heterocycles. The van der Waals surface area contributed by atoms with E-state index in [-0.39, 0.29) is 5.91 Å². The second kappa shape index (κ2) is 10.9. The lowest BCUT2D eigenvalue weighted by molar-refractivity contribution is 0.0976. The van der Waals surface area contributed by atoms with Crippen molar-refractivity contribution in [2.75, 3.05) is 13.2 Å². The van der Waals surface area contributed by atoms with Crippen LogP contribution in [0.3, 0.4) is 0 Å². The molecule has 1 aromatic carbocycles. The molecule has 0 spiro atoms. The molecule has 2 N–H and O–H groups in total. The van der Waals surface area contributed by atoms with Crippen molar-refractivity contribution in [3.8, 4) is 5.75 Å². The summed E-state index contributed by atoms with van der Waals surface area (Å²) in [6.45, 7) is 3.54. The molecule has 5 heteroatoms. The smallest absolute Gasteiger partial charge is 0.257 e. The predicted octanol–water partition coefficient (Wildman–Crippen LogP) is 4.36. The van der Waals surface area contributed by atoms with Gasteiger partial charge in [0.05, 0.1) is 6.61 Å². The normalized spacial score (nSPS) is 13.7. The maximum atomic E-state index is 12.3. The molecule has 0 fully saturated rings. The van der Waals surface area contributed by atoms with Crippen LogP contribution in [0.4, 0.5) is 0 Å². The summed E-state index contributed by atoms with van der Waals surface area (Å²) in [6.07, 6.45) is 10.3. The minimum absolute atomic E-state index is 0.213. The van der Waals surface area contributed by atoms with Gasteiger partial charge in [-0.3, -0.25) is 10.1 Å². The fourth-order valence-corrected chi connectivity index (χ4v) is 2.94. The summed E-state index contributed by atoms with van der Waals surface area (Å²) in [4.78, 5) is 12.3. The van der Waals surface area contributed by atoms with Gasteiger partial charge in [-0.25, -0.2) is 0 Å². The van der Waals surface area contributed by atoms with Gasteiger partial charge in [-0.05, 0) is 68.9 Å². The Morgan fingerprint density at radius 2 is 2.20 bits per heavy atom. The van der Waals surface area contributed by atoms with E-state index in [0.29, 0.717) is 23.0 Å². The van der Waals surface area contributed by atoms with Crippen LogP contribution in [0.15, 0.2) is 35.9 Å². The van der Waals surface area contributed by atoms with Crippen LogP contribution < -0.4 is 15.4 Å². The zero-order valence-corrected chi connectivity index (χ0v) is 15.8. The molecule has 1 aliphatic rings. The van der Waals surface area contributed by atoms with Gasteiger partial charge in [0.2, 0.25) is 0 Å². The van der Waals surface area contributed by atoms with E-state index in [0.717, 1.165) is 25.8 Å². The highest BCUT2D eigenvalue weighted by atomic mass is 32.1. The van der Waals surface area contributed by atoms with E-state index in [2.05, 4.69) is 23.6 Å². The van der Waals surface area contributed by atoms with Crippen molar-refractivity contribution in [2.24, 2.45) is 0 Å². The van der Waals surface area contributed by atoms with Gasteiger partial charge < -0.3 is 10.1 Å². The average Bonchev–Trinajstić information content (AvgIpc) is 2.63. The van der Waals surface area contributed by atoms with Gasteiger partial charge in [0.15, 0.2) is 5.11 Å². The number of carbonyl (C=O) groups is 1. The first kappa shape index (κ1) is 19.4. The first-order chi connectivity index (χ1) is 12.2. The maximum absolute atomic E-state index is 12.3. The summed E-state index contributed by atoms with van der Waals surface area (Å²) in [5, 5.41) is 6.22. The Morgan fingerprint density at radius 3 is 2.96 bits per heavy atom. The Morgan fingerprint density at radius 1 is 1.32 bits per heavy atom. The van der Waals surface area contributed by atoms with Crippen LogP contribution in [0.25, 0.3) is 0 Å². The zero-order valence-electron chi connectivity index (χ0n) is 15.0. The van der Waals surface area contributed by atoms with Crippen molar-refractivity contribution >= 4 is 23.2 Å². The largest absolute Gasteiger partial charge is 0.494 e. The quantitative estimate of drug-likeness (QED) is 0.411. The molecule has 25 heavy (non-hydrogen) atoms. The van der Waals surface area contributed by atoms with E-state index in [4.69, 9.17) is 17.0 Å². The van der Waals surface area contributed by atoms with Crippen LogP contribution >= 0.6 is 12.2 Å². The standard InChI is InChI=1S/C20H28N2O2S/c1-2-3-14-24-18-11-7-10-17(15-18)19(23)22-20(25)21-13-12-16-8-5-4-6-9-16/h7-8,10-11,15H,2-6,9,12-14H2,1H3,(H2,21,22,23,25). The Bertz CT molecular complexity index is 613. The van der Waals surface area contributed by atoms with Crippen LogP contribution in [0, 0.1) is 0 Å². The summed E-state index contributed by atoms with van der Waals surface area (Å²) >= 11 is 5.22. The van der Waals surface area contributed by atoms with Crippen LogP contribution in [0.5, 0.6) is 5.75 Å². The van der Waals surface area contributed by atoms with Gasteiger partial charge in [0.25, 0.3) is 5.91 Å². The van der Waals surface area contributed by atoms with Crippen LogP contribution in [0.1, 0.15) is 62.2 Å². The lowest BCUT2D eigenvalue weighted by Gasteiger charge is -2.14. The maximum Gasteiger partial charge on any atom is 0.257 e. The molecule has 1 aliphatic carbocycles. The zero-order chi connectivity index (χ0) is 17.9. The number of amides is 1. The van der Waals surface area contributed by atoms with Gasteiger partial charge in [-0.1, -0.05) is 31.1 Å². The molecular weight excluding hydrogens is 332 g/mol. The van der Waals surface area contributed by atoms with E-state index >= 15 is 0 Å². The molecule has 0 bridgehead atoms. The highest BCUT2D eigenvalue weighted by Crippen LogP contribution is 2.19. The molecule has 136 valence electrons. The monoisotopic (exact) mass is 360 g/mol. The molecule has 0 radical (unpaired) electrons. The third-order valence-electron chi connectivity index (χ3n) is 4.21. The Hall–Kier alpha value is -1.88. The van der Waals surface area contributed by atoms with Gasteiger partial charge >= 0.3 is 0 Å². The van der Waals surface area contributed by atoms with Crippen molar-refractivity contribution in [1.82, 2.24) is 10.6 Å². The lowest BCUT2D eigenvalue weighted by Crippen LogP contribution is -2.39. The summed E-state index contributed by atoms with van der Waals surface area (Å²) in [7, 11) is 0. The summed E-state index contributed by atoms with van der Waals surface area (Å²) < 4.78 is 5.64. The van der Waals surface area contributed by atoms with Gasteiger partial charge in [-0.2, -0.15) is 0 Å². The molecule has 1 aromatic rings. The van der Waals surface area contributed by atoms with E-state index in [1.807, 2.05) is 12.1 Å². The highest BCUT2D eigenvalue weighted by Gasteiger charge is 2.09. The van der Waals surface area contributed by atoms with Crippen LogP contribution in [-0.4, -0.2) is 24.2 Å². The lowest BCUT2D eigenvalue weighted by atomic mass is 9.97. The minimum atomic E-state index is -0.213. The van der Waals surface area contributed by atoms with Gasteiger partial charge in [0.1, 0.15) is 5.75 Å². The van der Waals surface area contributed by atoms with Crippen LogP contribution in [0.2, 0.25) is 0 Å². The second-order valence-corrected chi connectivity index (χ2v) is 6.71. The number of rotatable bonds is 8. The molecule has 0 aliphatic heterocycles. The SMILES string of the molecule is CCCCOc1cccc(C(=O)NC(=S)NCCC2=CCCCC2)c1. The number of hydrogen-bond acceptors (Lipinski definition) is 3. The Kier molecular flexibility index (Phi) is 8.46. The third-order valence-corrected chi connectivity index (χ3v) is 4.45. The molecule has 0 unspecified atom stereocenters. The van der Waals surface area contributed by atoms with Crippen molar-refractivity contribution in [2.45, 2.75) is 51.9 Å². The summed E-state index contributed by atoms with van der Waals surface area (Å²) in [5.41, 5.74) is 2.04. The molecule has 0 saturated heterocycles. The average molecular weight is 361 g/mol. The molecule has 4 nitrogen and oxygen atoms in total. The fourth-order valence-electron chi connectivity index (χ4n) is 2.75. The highest BCUT2D eigenvalue weighted by molar-refractivity contribution is 7.80. The first-order valence-corrected chi connectivity index (χ1v) is 9.60. The number of allylic oxidation sites excluding steroid dienone is 1. The minimum Gasteiger partial charge on any atom is -0.494 e. The number of ether oxygens (including phenoxy) is 1. The number of nitrogens with one attached hydrogen (secondary N) is 2. The van der Waals surface area contributed by atoms with Crippen molar-refractivity contribution in [3.05, 3.63) is 41.5 Å². The fraction of sp³-hybridized carbons (Fsp3) is 0.500. The molecule has 0 saturated carbocycles. The number of benzene rings is 1. The third kappa shape index (κ3) is 7.26. The molecule has 1 amide bonds. The molecule has 2 rings (SSSR count). The number of carbonyl (C=O) groups excluding carboxylic acids is 1. The Labute approximate surface area is 156 Å². The van der Waals surface area contributed by atoms with Crippen LogP contribution in [-0.2, 0) is 0 Å². The molecular formula is C20H28N2O2S. The summed E-state index contributed by atoms with van der Waals surface area (Å²) in [6, 6.07) is 7.20. The summed E-state index contributed by atoms with van der Waals surface area (Å²) in [5.74, 6) is 0.500. The van der Waals surface area contributed by atoms with Crippen molar-refractivity contribution < 1.29 is 9.53 Å². The van der Waals surface area contributed by atoms with Gasteiger partial charge in [-0.15, -0.1) is 0 Å². The first-order valence-electron chi connectivity index (χ1n) is 9.19. The number of hydrogen-bond donors (Lipinski definition) is 2. The number of thiocarbonyl (C=S) groups is 1. The molecule has 0 heterocycles. The topological polar surface area (TPSA) is 50.4 Å². The van der Waals surface area contributed by atoms with E-state index in [1.165, 1.54) is 31.3 Å². The van der Waals surface area contributed by atoms with E-state index < -0.39 is 0 Å². The van der Waals surface area contributed by atoms with E-state index in [9.17, 15) is 4.79 Å². The second-order valence-electron chi connectivity index (χ2n) is 6.30.